The number of hydrogen-bond acceptors (Lipinski definition) is 3. The number of carboxylic acids is 1. The van der Waals surface area contributed by atoms with Gasteiger partial charge in [-0.1, -0.05) is 23.2 Å². The number of aromatic carboxylic acids is 1. The molecule has 22 heavy (non-hydrogen) atoms. The Bertz CT molecular complexity index is 855. The topological polar surface area (TPSA) is 83.5 Å². The zero-order chi connectivity index (χ0) is 16.5. The Morgan fingerprint density at radius 2 is 1.77 bits per heavy atom. The SMILES string of the molecule is O=C(O)c1cc(S(=O)(=O)Nc2ccc(F)c(Cl)c2)ccc1Cl. The molecule has 9 heteroatoms. The summed E-state index contributed by atoms with van der Waals surface area (Å²) in [5.74, 6) is -2.05. The smallest absolute Gasteiger partial charge is 0.337 e. The van der Waals surface area contributed by atoms with Crippen LogP contribution in [0, 0.1) is 5.82 Å². The van der Waals surface area contributed by atoms with Crippen molar-refractivity contribution in [2.24, 2.45) is 0 Å². The van der Waals surface area contributed by atoms with Crippen LogP contribution in [-0.4, -0.2) is 19.5 Å². The lowest BCUT2D eigenvalue weighted by Gasteiger charge is -2.10. The van der Waals surface area contributed by atoms with Gasteiger partial charge < -0.3 is 5.11 Å². The van der Waals surface area contributed by atoms with Crippen LogP contribution in [0.25, 0.3) is 0 Å². The minimum Gasteiger partial charge on any atom is -0.478 e. The number of rotatable bonds is 4. The van der Waals surface area contributed by atoms with E-state index in [4.69, 9.17) is 28.3 Å². The fourth-order valence-corrected chi connectivity index (χ4v) is 3.06. The molecule has 0 amide bonds. The highest BCUT2D eigenvalue weighted by molar-refractivity contribution is 7.92. The lowest BCUT2D eigenvalue weighted by Crippen LogP contribution is -2.14. The van der Waals surface area contributed by atoms with Crippen molar-refractivity contribution in [2.45, 2.75) is 4.90 Å². The molecule has 2 aromatic rings. The predicted molar refractivity (Wildman–Crippen MR) is 80.6 cm³/mol. The molecular formula is C13H8Cl2FNO4S. The van der Waals surface area contributed by atoms with E-state index in [1.165, 1.54) is 6.07 Å². The first-order valence-electron chi connectivity index (χ1n) is 5.71. The van der Waals surface area contributed by atoms with Crippen molar-refractivity contribution in [2.75, 3.05) is 4.72 Å². The summed E-state index contributed by atoms with van der Waals surface area (Å²) < 4.78 is 39.6. The summed E-state index contributed by atoms with van der Waals surface area (Å²) in [6, 6.07) is 6.54. The summed E-state index contributed by atoms with van der Waals surface area (Å²) in [5.41, 5.74) is -0.306. The maximum absolute atomic E-state index is 13.1. The van der Waals surface area contributed by atoms with Crippen LogP contribution in [0.1, 0.15) is 10.4 Å². The lowest BCUT2D eigenvalue weighted by molar-refractivity contribution is 0.0697. The molecule has 0 aromatic heterocycles. The Labute approximate surface area is 135 Å². The summed E-state index contributed by atoms with van der Waals surface area (Å²) in [6.45, 7) is 0. The van der Waals surface area contributed by atoms with Crippen molar-refractivity contribution < 1.29 is 22.7 Å². The van der Waals surface area contributed by atoms with Crippen LogP contribution >= 0.6 is 23.2 Å². The van der Waals surface area contributed by atoms with E-state index in [0.717, 1.165) is 30.3 Å². The summed E-state index contributed by atoms with van der Waals surface area (Å²) in [5, 5.41) is 8.62. The van der Waals surface area contributed by atoms with Crippen LogP contribution in [0.4, 0.5) is 10.1 Å². The van der Waals surface area contributed by atoms with Crippen LogP contribution in [0.15, 0.2) is 41.3 Å². The molecule has 0 radical (unpaired) electrons. The van der Waals surface area contributed by atoms with Crippen molar-refractivity contribution in [1.29, 1.82) is 0 Å². The summed E-state index contributed by atoms with van der Waals surface area (Å²) in [7, 11) is -4.07. The quantitative estimate of drug-likeness (QED) is 0.868. The second-order valence-corrected chi connectivity index (χ2v) is 6.68. The monoisotopic (exact) mass is 363 g/mol. The maximum Gasteiger partial charge on any atom is 0.337 e. The number of nitrogens with one attached hydrogen (secondary N) is 1. The fourth-order valence-electron chi connectivity index (χ4n) is 1.61. The molecule has 0 aliphatic rings. The Kier molecular flexibility index (Phi) is 4.60. The van der Waals surface area contributed by atoms with E-state index in [1.54, 1.807) is 0 Å². The molecule has 2 aromatic carbocycles. The highest BCUT2D eigenvalue weighted by Crippen LogP contribution is 2.24. The first kappa shape index (κ1) is 16.5. The molecule has 5 nitrogen and oxygen atoms in total. The number of halogens is 3. The molecule has 0 heterocycles. The van der Waals surface area contributed by atoms with Gasteiger partial charge in [0.05, 0.1) is 26.2 Å². The average molecular weight is 364 g/mol. The third-order valence-corrected chi connectivity index (χ3v) is 4.65. The molecule has 0 aliphatic carbocycles. The van der Waals surface area contributed by atoms with Crippen LogP contribution in [0.5, 0.6) is 0 Å². The summed E-state index contributed by atoms with van der Waals surface area (Å²) in [4.78, 5) is 10.7. The zero-order valence-electron chi connectivity index (χ0n) is 10.7. The highest BCUT2D eigenvalue weighted by Gasteiger charge is 2.19. The van der Waals surface area contributed by atoms with E-state index in [9.17, 15) is 17.6 Å². The van der Waals surface area contributed by atoms with Gasteiger partial charge >= 0.3 is 5.97 Å². The second kappa shape index (κ2) is 6.12. The summed E-state index contributed by atoms with van der Waals surface area (Å²) >= 11 is 11.3. The van der Waals surface area contributed by atoms with E-state index in [-0.39, 0.29) is 26.2 Å². The molecule has 0 saturated heterocycles. The van der Waals surface area contributed by atoms with Gasteiger partial charge in [-0.2, -0.15) is 0 Å². The second-order valence-electron chi connectivity index (χ2n) is 4.18. The molecule has 0 atom stereocenters. The highest BCUT2D eigenvalue weighted by atomic mass is 35.5. The predicted octanol–water partition coefficient (Wildman–Crippen LogP) is 3.63. The van der Waals surface area contributed by atoms with E-state index >= 15 is 0 Å². The zero-order valence-corrected chi connectivity index (χ0v) is 13.0. The Morgan fingerprint density at radius 3 is 2.36 bits per heavy atom. The van der Waals surface area contributed by atoms with Gasteiger partial charge in [-0.3, -0.25) is 4.72 Å². The minimum absolute atomic E-state index is 0.0400. The van der Waals surface area contributed by atoms with Gasteiger partial charge in [0.2, 0.25) is 0 Å². The first-order chi connectivity index (χ1) is 10.2. The molecule has 0 unspecified atom stereocenters. The lowest BCUT2D eigenvalue weighted by atomic mass is 10.2. The third-order valence-electron chi connectivity index (χ3n) is 2.65. The van der Waals surface area contributed by atoms with Crippen molar-refractivity contribution in [3.63, 3.8) is 0 Å². The summed E-state index contributed by atoms with van der Waals surface area (Å²) in [6.07, 6.45) is 0. The standard InChI is InChI=1S/C13H8Cl2FNO4S/c14-10-3-2-8(6-9(10)13(18)19)22(20,21)17-7-1-4-12(16)11(15)5-7/h1-6,17H,(H,18,19). The maximum atomic E-state index is 13.1. The van der Waals surface area contributed by atoms with Gasteiger partial charge in [0.15, 0.2) is 0 Å². The Morgan fingerprint density at radius 1 is 1.09 bits per heavy atom. The average Bonchev–Trinajstić information content (AvgIpc) is 2.42. The molecule has 0 bridgehead atoms. The van der Waals surface area contributed by atoms with Crippen molar-refractivity contribution in [3.8, 4) is 0 Å². The molecule has 116 valence electrons. The number of carboxylic acid groups (broad SMARTS) is 1. The van der Waals surface area contributed by atoms with E-state index in [2.05, 4.69) is 4.72 Å². The van der Waals surface area contributed by atoms with Gasteiger partial charge in [-0.25, -0.2) is 17.6 Å². The van der Waals surface area contributed by atoms with E-state index < -0.39 is 21.8 Å². The van der Waals surface area contributed by atoms with Crippen LogP contribution in [0.3, 0.4) is 0 Å². The Balaban J connectivity index is 2.40. The van der Waals surface area contributed by atoms with Gasteiger partial charge in [0.25, 0.3) is 10.0 Å². The normalized spacial score (nSPS) is 11.2. The van der Waals surface area contributed by atoms with Gasteiger partial charge in [0, 0.05) is 0 Å². The van der Waals surface area contributed by atoms with Crippen molar-refractivity contribution in [1.82, 2.24) is 0 Å². The molecule has 2 N–H and O–H groups in total. The number of hydrogen-bond donors (Lipinski definition) is 2. The fraction of sp³-hybridized carbons (Fsp3) is 0. The van der Waals surface area contributed by atoms with Crippen LogP contribution in [-0.2, 0) is 10.0 Å². The number of sulfonamides is 1. The molecule has 0 fully saturated rings. The van der Waals surface area contributed by atoms with Crippen molar-refractivity contribution >= 4 is 44.9 Å². The molecule has 0 aliphatic heterocycles. The number of anilines is 1. The van der Waals surface area contributed by atoms with Crippen molar-refractivity contribution in [3.05, 3.63) is 57.8 Å². The molecule has 0 spiro atoms. The third kappa shape index (κ3) is 3.49. The van der Waals surface area contributed by atoms with Crippen LogP contribution in [0.2, 0.25) is 10.0 Å². The van der Waals surface area contributed by atoms with Crippen LogP contribution < -0.4 is 4.72 Å². The molecular weight excluding hydrogens is 356 g/mol. The largest absolute Gasteiger partial charge is 0.478 e. The van der Waals surface area contributed by atoms with Gasteiger partial charge in [0.1, 0.15) is 5.82 Å². The van der Waals surface area contributed by atoms with E-state index in [1.807, 2.05) is 0 Å². The first-order valence-corrected chi connectivity index (χ1v) is 7.95. The number of carbonyl (C=O) groups is 1. The van der Waals surface area contributed by atoms with Gasteiger partial charge in [-0.05, 0) is 36.4 Å². The minimum atomic E-state index is -4.07. The molecule has 2 rings (SSSR count). The molecule has 0 saturated carbocycles. The Hall–Kier alpha value is -1.83. The number of benzene rings is 2. The van der Waals surface area contributed by atoms with Gasteiger partial charge in [-0.15, -0.1) is 0 Å². The van der Waals surface area contributed by atoms with E-state index in [0.29, 0.717) is 0 Å².